The summed E-state index contributed by atoms with van der Waals surface area (Å²) in [6.07, 6.45) is 0. The number of benzene rings is 2. The molecule has 1 amide bonds. The lowest BCUT2D eigenvalue weighted by Gasteiger charge is -2.18. The smallest absolute Gasteiger partial charge is 0.249 e. The van der Waals surface area contributed by atoms with E-state index in [0.717, 1.165) is 36.4 Å². The van der Waals surface area contributed by atoms with Crippen molar-refractivity contribution < 1.29 is 22.0 Å². The van der Waals surface area contributed by atoms with Crippen molar-refractivity contribution in [1.82, 2.24) is 4.31 Å². The Kier molecular flexibility index (Phi) is 5.54. The van der Waals surface area contributed by atoms with E-state index in [4.69, 9.17) is 0 Å². The maximum atomic E-state index is 13.8. The predicted molar refractivity (Wildman–Crippen MR) is 90.7 cm³/mol. The van der Waals surface area contributed by atoms with Crippen LogP contribution in [0.15, 0.2) is 41.3 Å². The van der Waals surface area contributed by atoms with Gasteiger partial charge in [-0.1, -0.05) is 24.3 Å². The molecule has 2 aromatic carbocycles. The number of anilines is 1. The number of nitrogens with one attached hydrogen (secondary N) is 1. The fraction of sp³-hybridized carbons (Fsp3) is 0.235. The molecule has 0 aliphatic rings. The number of hydrogen-bond acceptors (Lipinski definition) is 3. The van der Waals surface area contributed by atoms with Gasteiger partial charge in [0.2, 0.25) is 15.9 Å². The van der Waals surface area contributed by atoms with Gasteiger partial charge in [0.25, 0.3) is 0 Å². The van der Waals surface area contributed by atoms with Gasteiger partial charge >= 0.3 is 0 Å². The molecule has 25 heavy (non-hydrogen) atoms. The third-order valence-electron chi connectivity index (χ3n) is 3.70. The summed E-state index contributed by atoms with van der Waals surface area (Å²) < 4.78 is 52.8. The molecule has 0 atom stereocenters. The number of para-hydroxylation sites is 1. The Balaban J connectivity index is 2.21. The van der Waals surface area contributed by atoms with Gasteiger partial charge in [-0.25, -0.2) is 17.2 Å². The number of hydrogen-bond donors (Lipinski definition) is 1. The Morgan fingerprint density at radius 2 is 1.52 bits per heavy atom. The minimum absolute atomic E-state index is 0.579. The molecule has 0 aliphatic carbocycles. The van der Waals surface area contributed by atoms with Crippen molar-refractivity contribution in [3.63, 3.8) is 0 Å². The third-order valence-corrected chi connectivity index (χ3v) is 5.55. The van der Waals surface area contributed by atoms with Crippen LogP contribution in [0.1, 0.15) is 11.1 Å². The average molecular weight is 368 g/mol. The number of likely N-dealkylation sites (N-methyl/N-ethyl adjacent to an activating group) is 1. The molecular formula is C17H18F2N2O3S. The quantitative estimate of drug-likeness (QED) is 0.883. The molecule has 0 saturated heterocycles. The Hall–Kier alpha value is -2.32. The van der Waals surface area contributed by atoms with E-state index in [-0.39, 0.29) is 0 Å². The minimum Gasteiger partial charge on any atom is -0.324 e. The monoisotopic (exact) mass is 368 g/mol. The molecule has 0 radical (unpaired) electrons. The van der Waals surface area contributed by atoms with E-state index in [2.05, 4.69) is 5.32 Å². The van der Waals surface area contributed by atoms with E-state index in [1.54, 1.807) is 26.0 Å². The second-order valence-corrected chi connectivity index (χ2v) is 7.61. The molecule has 2 aromatic rings. The lowest BCUT2D eigenvalue weighted by molar-refractivity contribution is -0.116. The maximum absolute atomic E-state index is 13.8. The summed E-state index contributed by atoms with van der Waals surface area (Å²) in [5.41, 5.74) is 2.22. The molecule has 5 nitrogen and oxygen atoms in total. The zero-order valence-corrected chi connectivity index (χ0v) is 14.8. The van der Waals surface area contributed by atoms with E-state index in [0.29, 0.717) is 9.99 Å². The van der Waals surface area contributed by atoms with Gasteiger partial charge in [-0.15, -0.1) is 0 Å². The minimum atomic E-state index is -4.49. The molecule has 0 aromatic heterocycles. The maximum Gasteiger partial charge on any atom is 0.249 e. The summed E-state index contributed by atoms with van der Waals surface area (Å²) >= 11 is 0. The number of aryl methyl sites for hydroxylation is 2. The molecule has 0 aliphatic heterocycles. The SMILES string of the molecule is Cc1cccc(C)c1NC(=O)CN(C)S(=O)(=O)c1c(F)cccc1F. The molecule has 1 N–H and O–H groups in total. The van der Waals surface area contributed by atoms with Crippen LogP contribution >= 0.6 is 0 Å². The number of nitrogens with zero attached hydrogens (tertiary/aromatic N) is 1. The standard InChI is InChI=1S/C17H18F2N2O3S/c1-11-6-4-7-12(2)16(11)20-15(22)10-21(3)25(23,24)17-13(18)8-5-9-14(17)19/h4-9H,10H2,1-3H3,(H,20,22). The fourth-order valence-electron chi connectivity index (χ4n) is 2.36. The van der Waals surface area contributed by atoms with Gasteiger partial charge in [-0.05, 0) is 37.1 Å². The van der Waals surface area contributed by atoms with Crippen LogP contribution in [0.25, 0.3) is 0 Å². The second kappa shape index (κ2) is 7.28. The summed E-state index contributed by atoms with van der Waals surface area (Å²) in [6, 6.07) is 8.20. The summed E-state index contributed by atoms with van der Waals surface area (Å²) in [5, 5.41) is 2.63. The van der Waals surface area contributed by atoms with Crippen LogP contribution in [0.5, 0.6) is 0 Å². The largest absolute Gasteiger partial charge is 0.324 e. The van der Waals surface area contributed by atoms with Crippen LogP contribution in [-0.2, 0) is 14.8 Å². The predicted octanol–water partition coefficient (Wildman–Crippen LogP) is 2.84. The van der Waals surface area contributed by atoms with Gasteiger partial charge < -0.3 is 5.32 Å². The number of carbonyl (C=O) groups is 1. The van der Waals surface area contributed by atoms with E-state index in [1.165, 1.54) is 0 Å². The molecule has 0 saturated carbocycles. The summed E-state index contributed by atoms with van der Waals surface area (Å²) in [6.45, 7) is 3.03. The molecule has 8 heteroatoms. The zero-order valence-electron chi connectivity index (χ0n) is 14.0. The van der Waals surface area contributed by atoms with Crippen LogP contribution < -0.4 is 5.32 Å². The van der Waals surface area contributed by atoms with Crippen molar-refractivity contribution in [1.29, 1.82) is 0 Å². The normalized spacial score (nSPS) is 11.6. The lowest BCUT2D eigenvalue weighted by atomic mass is 10.1. The average Bonchev–Trinajstić information content (AvgIpc) is 2.50. The van der Waals surface area contributed by atoms with E-state index in [1.807, 2.05) is 6.07 Å². The summed E-state index contributed by atoms with van der Waals surface area (Å²) in [7, 11) is -3.40. The van der Waals surface area contributed by atoms with Crippen molar-refractivity contribution in [2.24, 2.45) is 0 Å². The Morgan fingerprint density at radius 1 is 1.04 bits per heavy atom. The van der Waals surface area contributed by atoms with Crippen molar-refractivity contribution >= 4 is 21.6 Å². The van der Waals surface area contributed by atoms with Crippen LogP contribution in [0.3, 0.4) is 0 Å². The van der Waals surface area contributed by atoms with Crippen LogP contribution in [0.4, 0.5) is 14.5 Å². The highest BCUT2D eigenvalue weighted by Crippen LogP contribution is 2.22. The molecular weight excluding hydrogens is 350 g/mol. The Labute approximate surface area is 145 Å². The van der Waals surface area contributed by atoms with Crippen LogP contribution in [-0.4, -0.2) is 32.2 Å². The highest BCUT2D eigenvalue weighted by atomic mass is 32.2. The molecule has 0 spiro atoms. The molecule has 0 fully saturated rings. The lowest BCUT2D eigenvalue weighted by Crippen LogP contribution is -2.36. The number of halogens is 2. The number of amides is 1. The molecule has 134 valence electrons. The van der Waals surface area contributed by atoms with Crippen molar-refractivity contribution in [2.75, 3.05) is 18.9 Å². The van der Waals surface area contributed by atoms with Gasteiger partial charge in [-0.3, -0.25) is 4.79 Å². The highest BCUT2D eigenvalue weighted by Gasteiger charge is 2.29. The van der Waals surface area contributed by atoms with E-state index >= 15 is 0 Å². The van der Waals surface area contributed by atoms with Crippen molar-refractivity contribution in [2.45, 2.75) is 18.7 Å². The topological polar surface area (TPSA) is 66.5 Å². The van der Waals surface area contributed by atoms with Gasteiger partial charge in [0.05, 0.1) is 6.54 Å². The highest BCUT2D eigenvalue weighted by molar-refractivity contribution is 7.89. The molecule has 2 rings (SSSR count). The molecule has 0 bridgehead atoms. The first-order valence-electron chi connectivity index (χ1n) is 7.41. The van der Waals surface area contributed by atoms with Gasteiger partial charge in [0, 0.05) is 12.7 Å². The fourth-order valence-corrected chi connectivity index (χ4v) is 3.59. The molecule has 0 heterocycles. The van der Waals surface area contributed by atoms with Gasteiger partial charge in [-0.2, -0.15) is 4.31 Å². The molecule has 0 unspecified atom stereocenters. The van der Waals surface area contributed by atoms with Crippen molar-refractivity contribution in [3.8, 4) is 0 Å². The van der Waals surface area contributed by atoms with Gasteiger partial charge in [0.15, 0.2) is 4.90 Å². The summed E-state index contributed by atoms with van der Waals surface area (Å²) in [4.78, 5) is 11.1. The number of rotatable bonds is 5. The van der Waals surface area contributed by atoms with E-state index in [9.17, 15) is 22.0 Å². The first-order chi connectivity index (χ1) is 11.6. The Bertz CT molecular complexity index is 874. The van der Waals surface area contributed by atoms with Gasteiger partial charge in [0.1, 0.15) is 11.6 Å². The Morgan fingerprint density at radius 3 is 2.04 bits per heavy atom. The van der Waals surface area contributed by atoms with Crippen LogP contribution in [0, 0.1) is 25.5 Å². The van der Waals surface area contributed by atoms with Crippen molar-refractivity contribution in [3.05, 3.63) is 59.2 Å². The third kappa shape index (κ3) is 4.02. The van der Waals surface area contributed by atoms with Crippen LogP contribution in [0.2, 0.25) is 0 Å². The first kappa shape index (κ1) is 19.0. The second-order valence-electron chi connectivity index (χ2n) is 5.63. The summed E-state index contributed by atoms with van der Waals surface area (Å²) in [5.74, 6) is -3.02. The first-order valence-corrected chi connectivity index (χ1v) is 8.85. The zero-order chi connectivity index (χ0) is 18.8. The van der Waals surface area contributed by atoms with E-state index < -0.39 is 39.0 Å². The number of carbonyl (C=O) groups excluding carboxylic acids is 1. The number of sulfonamides is 1.